The number of aryl methyl sites for hydroxylation is 1. The lowest BCUT2D eigenvalue weighted by molar-refractivity contribution is -0.119. The fraction of sp³-hybridized carbons (Fsp3) is 0.240. The molecule has 3 aromatic carbocycles. The summed E-state index contributed by atoms with van der Waals surface area (Å²) in [7, 11) is 0.440. The van der Waals surface area contributed by atoms with E-state index in [-0.39, 0.29) is 11.4 Å². The van der Waals surface area contributed by atoms with Crippen molar-refractivity contribution in [1.82, 2.24) is 5.32 Å². The highest BCUT2D eigenvalue weighted by molar-refractivity contribution is 7.92. The molecule has 3 rings (SSSR count). The molecule has 0 saturated carbocycles. The van der Waals surface area contributed by atoms with Crippen LogP contribution in [-0.4, -0.2) is 42.2 Å². The topological polar surface area (TPSA) is 94.2 Å². The Labute approximate surface area is 210 Å². The van der Waals surface area contributed by atoms with Crippen molar-refractivity contribution in [2.45, 2.75) is 18.4 Å². The van der Waals surface area contributed by atoms with Gasteiger partial charge in [-0.2, -0.15) is 0 Å². The monoisotopic (exact) mass is 518 g/mol. The van der Waals surface area contributed by atoms with Crippen molar-refractivity contribution >= 4 is 33.2 Å². The number of sulfonamides is 1. The molecule has 0 fully saturated rings. The number of anilines is 1. The first-order valence-electron chi connectivity index (χ1n) is 10.6. The van der Waals surface area contributed by atoms with E-state index in [4.69, 9.17) is 25.8 Å². The summed E-state index contributed by atoms with van der Waals surface area (Å²) in [4.78, 5) is 13.0. The Bertz CT molecular complexity index is 1300. The Morgan fingerprint density at radius 3 is 2.17 bits per heavy atom. The summed E-state index contributed by atoms with van der Waals surface area (Å²) in [6, 6.07) is 16.2. The molecule has 186 valence electrons. The number of ether oxygens (including phenoxy) is 3. The summed E-state index contributed by atoms with van der Waals surface area (Å²) in [5.74, 6) is 0.798. The van der Waals surface area contributed by atoms with E-state index >= 15 is 0 Å². The zero-order valence-corrected chi connectivity index (χ0v) is 21.4. The summed E-state index contributed by atoms with van der Waals surface area (Å²) < 4.78 is 44.2. The highest BCUT2D eigenvalue weighted by atomic mass is 35.5. The lowest BCUT2D eigenvalue weighted by Crippen LogP contribution is -2.41. The van der Waals surface area contributed by atoms with E-state index in [1.165, 1.54) is 45.6 Å². The van der Waals surface area contributed by atoms with Crippen LogP contribution in [0.15, 0.2) is 65.6 Å². The largest absolute Gasteiger partial charge is 0.493 e. The van der Waals surface area contributed by atoms with Crippen LogP contribution in [0, 0.1) is 6.92 Å². The molecule has 0 aliphatic carbocycles. The van der Waals surface area contributed by atoms with Gasteiger partial charge < -0.3 is 19.5 Å². The molecule has 0 saturated heterocycles. The highest BCUT2D eigenvalue weighted by Crippen LogP contribution is 2.39. The average molecular weight is 519 g/mol. The van der Waals surface area contributed by atoms with E-state index in [0.717, 1.165) is 4.31 Å². The molecule has 0 aliphatic rings. The molecular formula is C25H27ClN2O6S. The van der Waals surface area contributed by atoms with Crippen molar-refractivity contribution in [2.75, 3.05) is 32.2 Å². The Kier molecular flexibility index (Phi) is 8.48. The van der Waals surface area contributed by atoms with E-state index in [2.05, 4.69) is 5.32 Å². The number of benzene rings is 3. The number of hydrogen-bond donors (Lipinski definition) is 1. The molecule has 0 aliphatic heterocycles. The van der Waals surface area contributed by atoms with Gasteiger partial charge in [-0.05, 0) is 55.0 Å². The molecule has 0 bridgehead atoms. The van der Waals surface area contributed by atoms with Crippen molar-refractivity contribution in [3.8, 4) is 17.2 Å². The Hall–Kier alpha value is -3.43. The van der Waals surface area contributed by atoms with Gasteiger partial charge in [-0.15, -0.1) is 0 Å². The predicted molar refractivity (Wildman–Crippen MR) is 135 cm³/mol. The second kappa shape index (κ2) is 11.3. The van der Waals surface area contributed by atoms with Crippen LogP contribution in [0.5, 0.6) is 17.2 Å². The van der Waals surface area contributed by atoms with E-state index < -0.39 is 22.5 Å². The van der Waals surface area contributed by atoms with Crippen molar-refractivity contribution in [3.63, 3.8) is 0 Å². The molecule has 0 atom stereocenters. The number of methoxy groups -OCH3 is 3. The first-order chi connectivity index (χ1) is 16.7. The van der Waals surface area contributed by atoms with Gasteiger partial charge in [-0.1, -0.05) is 29.8 Å². The maximum Gasteiger partial charge on any atom is 0.264 e. The summed E-state index contributed by atoms with van der Waals surface area (Å²) >= 11 is 5.93. The third-order valence-electron chi connectivity index (χ3n) is 5.33. The number of carbonyl (C=O) groups excluding carboxylic acids is 1. The molecule has 0 aromatic heterocycles. The first kappa shape index (κ1) is 26.2. The summed E-state index contributed by atoms with van der Waals surface area (Å²) in [5, 5.41) is 3.18. The minimum absolute atomic E-state index is 0.0273. The SMILES string of the molecule is COc1ccc(CNC(=O)CN(c2ccccc2C)S(=O)(=O)c2ccc(Cl)cc2)c(OC)c1OC. The minimum Gasteiger partial charge on any atom is -0.493 e. The van der Waals surface area contributed by atoms with Crippen molar-refractivity contribution in [1.29, 1.82) is 0 Å². The zero-order valence-electron chi connectivity index (χ0n) is 19.9. The molecule has 1 N–H and O–H groups in total. The second-order valence-electron chi connectivity index (χ2n) is 7.52. The minimum atomic E-state index is -4.05. The van der Waals surface area contributed by atoms with Crippen LogP contribution in [-0.2, 0) is 21.4 Å². The molecule has 35 heavy (non-hydrogen) atoms. The normalized spacial score (nSPS) is 11.0. The number of halogens is 1. The van der Waals surface area contributed by atoms with Gasteiger partial charge in [0.05, 0.1) is 31.9 Å². The van der Waals surface area contributed by atoms with Gasteiger partial charge in [0.2, 0.25) is 11.7 Å². The quantitative estimate of drug-likeness (QED) is 0.432. The molecule has 0 heterocycles. The van der Waals surface area contributed by atoms with Gasteiger partial charge in [0.25, 0.3) is 10.0 Å². The number of hydrogen-bond acceptors (Lipinski definition) is 6. The van der Waals surface area contributed by atoms with Crippen LogP contribution < -0.4 is 23.8 Å². The molecule has 10 heteroatoms. The fourth-order valence-corrected chi connectivity index (χ4v) is 5.17. The predicted octanol–water partition coefficient (Wildman–Crippen LogP) is 4.19. The van der Waals surface area contributed by atoms with Gasteiger partial charge >= 0.3 is 0 Å². The van der Waals surface area contributed by atoms with Gasteiger partial charge in [-0.25, -0.2) is 8.42 Å². The maximum absolute atomic E-state index is 13.5. The van der Waals surface area contributed by atoms with E-state index in [1.54, 1.807) is 43.3 Å². The molecule has 3 aromatic rings. The van der Waals surface area contributed by atoms with Crippen LogP contribution in [0.1, 0.15) is 11.1 Å². The summed E-state index contributed by atoms with van der Waals surface area (Å²) in [6.07, 6.45) is 0. The van der Waals surface area contributed by atoms with Crippen LogP contribution in [0.2, 0.25) is 5.02 Å². The number of nitrogens with one attached hydrogen (secondary N) is 1. The molecule has 0 spiro atoms. The summed E-state index contributed by atoms with van der Waals surface area (Å²) in [6.45, 7) is 1.45. The highest BCUT2D eigenvalue weighted by Gasteiger charge is 2.28. The number of rotatable bonds is 10. The van der Waals surface area contributed by atoms with Gasteiger partial charge in [-0.3, -0.25) is 9.10 Å². The summed E-state index contributed by atoms with van der Waals surface area (Å²) in [5.41, 5.74) is 1.75. The van der Waals surface area contributed by atoms with Crippen LogP contribution in [0.4, 0.5) is 5.69 Å². The number of nitrogens with zero attached hydrogens (tertiary/aromatic N) is 1. The number of carbonyl (C=O) groups is 1. The van der Waals surface area contributed by atoms with Crippen LogP contribution >= 0.6 is 11.6 Å². The van der Waals surface area contributed by atoms with Crippen molar-refractivity contribution in [2.24, 2.45) is 0 Å². The van der Waals surface area contributed by atoms with E-state index in [0.29, 0.717) is 39.1 Å². The first-order valence-corrected chi connectivity index (χ1v) is 12.4. The molecule has 1 amide bonds. The number of amides is 1. The molecule has 0 unspecified atom stereocenters. The number of para-hydroxylation sites is 1. The average Bonchev–Trinajstić information content (AvgIpc) is 2.86. The Balaban J connectivity index is 1.88. The van der Waals surface area contributed by atoms with Gasteiger partial charge in [0, 0.05) is 17.1 Å². The van der Waals surface area contributed by atoms with Crippen LogP contribution in [0.3, 0.4) is 0 Å². The molecule has 8 nitrogen and oxygen atoms in total. The standard InChI is InChI=1S/C25H27ClN2O6S/c1-17-7-5-6-8-21(17)28(35(30,31)20-12-10-19(26)11-13-20)16-23(29)27-15-18-9-14-22(32-2)25(34-4)24(18)33-3/h5-14H,15-16H2,1-4H3,(H,27,29). The maximum atomic E-state index is 13.5. The fourth-order valence-electron chi connectivity index (χ4n) is 3.56. The lowest BCUT2D eigenvalue weighted by Gasteiger charge is -2.25. The van der Waals surface area contributed by atoms with Crippen LogP contribution in [0.25, 0.3) is 0 Å². The third kappa shape index (κ3) is 5.80. The Morgan fingerprint density at radius 2 is 1.57 bits per heavy atom. The smallest absolute Gasteiger partial charge is 0.264 e. The van der Waals surface area contributed by atoms with Crippen molar-refractivity contribution < 1.29 is 27.4 Å². The zero-order chi connectivity index (χ0) is 25.6. The Morgan fingerprint density at radius 1 is 0.914 bits per heavy atom. The van der Waals surface area contributed by atoms with E-state index in [9.17, 15) is 13.2 Å². The van der Waals surface area contributed by atoms with Crippen molar-refractivity contribution in [3.05, 3.63) is 76.8 Å². The van der Waals surface area contributed by atoms with E-state index in [1.807, 2.05) is 0 Å². The lowest BCUT2D eigenvalue weighted by atomic mass is 10.1. The third-order valence-corrected chi connectivity index (χ3v) is 7.36. The molecule has 0 radical (unpaired) electrons. The molecular weight excluding hydrogens is 492 g/mol. The van der Waals surface area contributed by atoms with Gasteiger partial charge in [0.15, 0.2) is 11.5 Å². The second-order valence-corrected chi connectivity index (χ2v) is 9.82. The van der Waals surface area contributed by atoms with Gasteiger partial charge in [0.1, 0.15) is 6.54 Å².